The molecule has 0 saturated carbocycles. The lowest BCUT2D eigenvalue weighted by Crippen LogP contribution is -2.59. The van der Waals surface area contributed by atoms with E-state index in [9.17, 15) is 35.4 Å². The third-order valence-corrected chi connectivity index (χ3v) is 5.92. The molecule has 0 bridgehead atoms. The van der Waals surface area contributed by atoms with Crippen LogP contribution in [0.3, 0.4) is 0 Å². The Morgan fingerprint density at radius 3 is 2.38 bits per heavy atom. The minimum Gasteiger partial charge on any atom is -0.394 e. The molecule has 0 radical (unpaired) electrons. The molecule has 2 aliphatic rings. The number of ether oxygens (including phenoxy) is 2. The number of aliphatic hydroxyl groups excluding tert-OH is 6. The first-order valence-corrected chi connectivity index (χ1v) is 9.57. The highest BCUT2D eigenvalue weighted by atomic mass is 16.7. The van der Waals surface area contributed by atoms with E-state index in [4.69, 9.17) is 9.47 Å². The number of aliphatic hydroxyl groups is 6. The molecule has 1 aromatic carbocycles. The summed E-state index contributed by atoms with van der Waals surface area (Å²) in [6.45, 7) is 4.05. The van der Waals surface area contributed by atoms with Gasteiger partial charge in [-0.1, -0.05) is 13.0 Å². The molecule has 9 nitrogen and oxygen atoms in total. The molecular formula is C20H28O9. The maximum Gasteiger partial charge on any atom is 0.187 e. The number of benzene rings is 1. The molecule has 9 heteroatoms. The Balaban J connectivity index is 1.96. The second-order valence-corrected chi connectivity index (χ2v) is 7.80. The lowest BCUT2D eigenvalue weighted by molar-refractivity contribution is -0.314. The number of rotatable bonds is 5. The summed E-state index contributed by atoms with van der Waals surface area (Å²) in [7, 11) is 0. The monoisotopic (exact) mass is 412 g/mol. The van der Waals surface area contributed by atoms with Crippen LogP contribution in [0.2, 0.25) is 0 Å². The summed E-state index contributed by atoms with van der Waals surface area (Å²) < 4.78 is 11.3. The van der Waals surface area contributed by atoms with Crippen LogP contribution in [0.5, 0.6) is 0 Å². The highest BCUT2D eigenvalue weighted by Gasteiger charge is 2.48. The fraction of sp³-hybridized carbons (Fsp3) is 0.650. The van der Waals surface area contributed by atoms with E-state index in [1.807, 2.05) is 0 Å². The van der Waals surface area contributed by atoms with Crippen LogP contribution in [0.25, 0.3) is 0 Å². The van der Waals surface area contributed by atoms with E-state index in [-0.39, 0.29) is 5.78 Å². The van der Waals surface area contributed by atoms with E-state index in [2.05, 4.69) is 0 Å². The van der Waals surface area contributed by atoms with E-state index in [1.165, 1.54) is 0 Å². The van der Waals surface area contributed by atoms with Crippen molar-refractivity contribution >= 4 is 5.78 Å². The number of Topliss-reactive ketones (excluding diaryl/α,β-unsaturated/α-hetero) is 1. The van der Waals surface area contributed by atoms with Crippen molar-refractivity contribution in [3.63, 3.8) is 0 Å². The average Bonchev–Trinajstić information content (AvgIpc) is 2.92. The van der Waals surface area contributed by atoms with Crippen molar-refractivity contribution in [1.82, 2.24) is 0 Å². The Hall–Kier alpha value is -1.43. The first-order valence-electron chi connectivity index (χ1n) is 9.57. The summed E-state index contributed by atoms with van der Waals surface area (Å²) in [4.78, 5) is 12.9. The van der Waals surface area contributed by atoms with Crippen molar-refractivity contribution in [3.8, 4) is 0 Å². The SMILES string of the molecule is Cc1cc2c(c(C)c1[C@@H](O)CO)C(=O)[C@@H](C)[C@@H]2O[C@@H]1O[C@H](CO)[C@@H](O)[C@H](O)[C@H]1O. The second-order valence-electron chi connectivity index (χ2n) is 7.80. The number of hydrogen-bond acceptors (Lipinski definition) is 9. The molecule has 0 spiro atoms. The van der Waals surface area contributed by atoms with Gasteiger partial charge in [0.2, 0.25) is 0 Å². The van der Waals surface area contributed by atoms with Gasteiger partial charge in [0.15, 0.2) is 12.1 Å². The number of carbonyl (C=O) groups excluding carboxylic acids is 1. The van der Waals surface area contributed by atoms with Crippen LogP contribution in [-0.2, 0) is 9.47 Å². The second kappa shape index (κ2) is 8.37. The van der Waals surface area contributed by atoms with Crippen LogP contribution in [-0.4, -0.2) is 80.3 Å². The molecule has 29 heavy (non-hydrogen) atoms. The molecule has 162 valence electrons. The predicted octanol–water partition coefficient (Wildman–Crippen LogP) is -0.981. The third kappa shape index (κ3) is 3.62. The zero-order valence-corrected chi connectivity index (χ0v) is 16.5. The van der Waals surface area contributed by atoms with E-state index >= 15 is 0 Å². The van der Waals surface area contributed by atoms with Gasteiger partial charge in [-0.15, -0.1) is 0 Å². The summed E-state index contributed by atoms with van der Waals surface area (Å²) in [6, 6.07) is 1.70. The van der Waals surface area contributed by atoms with Gasteiger partial charge in [0.05, 0.1) is 25.2 Å². The largest absolute Gasteiger partial charge is 0.394 e. The average molecular weight is 412 g/mol. The van der Waals surface area contributed by atoms with Crippen LogP contribution in [0.1, 0.15) is 51.7 Å². The zero-order valence-electron chi connectivity index (χ0n) is 16.5. The molecule has 1 aliphatic heterocycles. The van der Waals surface area contributed by atoms with Gasteiger partial charge in [0.25, 0.3) is 0 Å². The lowest BCUT2D eigenvalue weighted by Gasteiger charge is -2.41. The summed E-state index contributed by atoms with van der Waals surface area (Å²) >= 11 is 0. The van der Waals surface area contributed by atoms with E-state index in [0.717, 1.165) is 0 Å². The maximum atomic E-state index is 12.9. The van der Waals surface area contributed by atoms with Crippen molar-refractivity contribution in [3.05, 3.63) is 33.9 Å². The van der Waals surface area contributed by atoms with Crippen LogP contribution in [0.15, 0.2) is 6.07 Å². The Morgan fingerprint density at radius 2 is 1.79 bits per heavy atom. The molecule has 3 rings (SSSR count). The van der Waals surface area contributed by atoms with Crippen molar-refractivity contribution in [2.75, 3.05) is 13.2 Å². The molecule has 1 aromatic rings. The van der Waals surface area contributed by atoms with Gasteiger partial charge in [0, 0.05) is 5.56 Å². The Morgan fingerprint density at radius 1 is 1.14 bits per heavy atom. The van der Waals surface area contributed by atoms with E-state index in [1.54, 1.807) is 26.8 Å². The number of aryl methyl sites for hydroxylation is 1. The van der Waals surface area contributed by atoms with Gasteiger partial charge < -0.3 is 40.1 Å². The molecule has 1 heterocycles. The summed E-state index contributed by atoms with van der Waals surface area (Å²) in [5.41, 5.74) is 2.66. The molecule has 1 fully saturated rings. The van der Waals surface area contributed by atoms with E-state index < -0.39 is 62.0 Å². The fourth-order valence-electron chi connectivity index (χ4n) is 4.34. The first kappa shape index (κ1) is 22.3. The van der Waals surface area contributed by atoms with Crippen molar-refractivity contribution in [2.45, 2.75) is 63.7 Å². The van der Waals surface area contributed by atoms with Gasteiger partial charge in [-0.25, -0.2) is 0 Å². The Labute approximate surface area is 168 Å². The number of ketones is 1. The fourth-order valence-corrected chi connectivity index (χ4v) is 4.34. The van der Waals surface area contributed by atoms with Gasteiger partial charge in [-0.3, -0.25) is 4.79 Å². The zero-order chi connectivity index (χ0) is 21.6. The summed E-state index contributed by atoms with van der Waals surface area (Å²) in [5, 5.41) is 58.9. The van der Waals surface area contributed by atoms with Gasteiger partial charge in [-0.2, -0.15) is 0 Å². The topological polar surface area (TPSA) is 157 Å². The summed E-state index contributed by atoms with van der Waals surface area (Å²) in [5.74, 6) is -0.838. The highest BCUT2D eigenvalue weighted by Crippen LogP contribution is 2.44. The normalized spacial score (nSPS) is 35.6. The number of fused-ring (bicyclic) bond motifs is 1. The van der Waals surface area contributed by atoms with Gasteiger partial charge >= 0.3 is 0 Å². The minimum atomic E-state index is -1.58. The van der Waals surface area contributed by atoms with Crippen LogP contribution < -0.4 is 0 Å². The van der Waals surface area contributed by atoms with Crippen molar-refractivity contribution in [1.29, 1.82) is 0 Å². The minimum absolute atomic E-state index is 0.210. The van der Waals surface area contributed by atoms with Crippen LogP contribution in [0, 0.1) is 19.8 Å². The molecule has 0 amide bonds. The maximum absolute atomic E-state index is 12.9. The molecule has 8 atom stereocenters. The van der Waals surface area contributed by atoms with Crippen molar-refractivity contribution in [2.24, 2.45) is 5.92 Å². The Bertz CT molecular complexity index is 778. The first-order chi connectivity index (χ1) is 13.6. The Kier molecular flexibility index (Phi) is 6.42. The van der Waals surface area contributed by atoms with Crippen LogP contribution >= 0.6 is 0 Å². The lowest BCUT2D eigenvalue weighted by atomic mass is 9.91. The third-order valence-electron chi connectivity index (χ3n) is 5.92. The predicted molar refractivity (Wildman–Crippen MR) is 99.0 cm³/mol. The summed E-state index contributed by atoms with van der Waals surface area (Å²) in [6.07, 6.45) is -9.04. The smallest absolute Gasteiger partial charge is 0.187 e. The molecular weight excluding hydrogens is 384 g/mol. The van der Waals surface area contributed by atoms with Crippen LogP contribution in [0.4, 0.5) is 0 Å². The molecule has 6 N–H and O–H groups in total. The molecule has 0 aromatic heterocycles. The number of hydrogen-bond donors (Lipinski definition) is 6. The molecule has 0 unspecified atom stereocenters. The van der Waals surface area contributed by atoms with Crippen molar-refractivity contribution < 1.29 is 44.9 Å². The molecule has 1 aliphatic carbocycles. The number of carbonyl (C=O) groups is 1. The van der Waals surface area contributed by atoms with Gasteiger partial charge in [0.1, 0.15) is 30.5 Å². The quantitative estimate of drug-likeness (QED) is 0.358. The van der Waals surface area contributed by atoms with E-state index in [0.29, 0.717) is 27.8 Å². The molecule has 1 saturated heterocycles. The standard InChI is InChI=1S/C20H28O9/c1-7-4-10-14(8(2)13(7)11(23)5-21)15(24)9(3)19(10)29-20-18(27)17(26)16(25)12(6-22)28-20/h4,9,11-12,16-23,25-27H,5-6H2,1-3H3/t9-,11+,12-,16-,17+,18-,19+,20+/m1/s1. The highest BCUT2D eigenvalue weighted by molar-refractivity contribution is 6.04. The van der Waals surface area contributed by atoms with Gasteiger partial charge in [-0.05, 0) is 36.1 Å².